The van der Waals surface area contributed by atoms with Crippen molar-refractivity contribution < 1.29 is 0 Å². The monoisotopic (exact) mass is 342 g/mol. The van der Waals surface area contributed by atoms with E-state index in [0.29, 0.717) is 6.04 Å². The maximum atomic E-state index is 3.71. The summed E-state index contributed by atoms with van der Waals surface area (Å²) in [6.45, 7) is 0. The van der Waals surface area contributed by atoms with Crippen molar-refractivity contribution in [3.8, 4) is 0 Å². The van der Waals surface area contributed by atoms with Crippen molar-refractivity contribution in [2.75, 3.05) is 10.2 Å². The number of rotatable bonds is 5. The van der Waals surface area contributed by atoms with Crippen molar-refractivity contribution in [1.82, 2.24) is 0 Å². The molecule has 4 rings (SSSR count). The average Bonchev–Trinajstić information content (AvgIpc) is 2.72. The van der Waals surface area contributed by atoms with Crippen molar-refractivity contribution in [3.05, 3.63) is 84.9 Å². The van der Waals surface area contributed by atoms with E-state index >= 15 is 0 Å². The molecule has 26 heavy (non-hydrogen) atoms. The van der Waals surface area contributed by atoms with Crippen molar-refractivity contribution in [3.63, 3.8) is 0 Å². The van der Waals surface area contributed by atoms with E-state index in [1.807, 2.05) is 0 Å². The summed E-state index contributed by atoms with van der Waals surface area (Å²) >= 11 is 0. The Bertz CT molecular complexity index is 751. The minimum atomic E-state index is 0.633. The smallest absolute Gasteiger partial charge is 0.0463 e. The first-order chi connectivity index (χ1) is 12.9. The highest BCUT2D eigenvalue weighted by Gasteiger charge is 2.14. The maximum absolute atomic E-state index is 3.71. The third kappa shape index (κ3) is 3.91. The molecule has 0 atom stereocenters. The van der Waals surface area contributed by atoms with E-state index in [0.717, 1.165) is 0 Å². The third-order valence-corrected chi connectivity index (χ3v) is 5.13. The van der Waals surface area contributed by atoms with Crippen LogP contribution in [0.2, 0.25) is 0 Å². The third-order valence-electron chi connectivity index (χ3n) is 5.13. The molecule has 1 saturated carbocycles. The highest BCUT2D eigenvalue weighted by Crippen LogP contribution is 2.34. The van der Waals surface area contributed by atoms with E-state index in [1.165, 1.54) is 54.9 Å². The fourth-order valence-corrected chi connectivity index (χ4v) is 3.79. The van der Waals surface area contributed by atoms with Crippen molar-refractivity contribution >= 4 is 22.7 Å². The van der Waals surface area contributed by atoms with E-state index in [-0.39, 0.29) is 0 Å². The van der Waals surface area contributed by atoms with Gasteiger partial charge in [-0.1, -0.05) is 55.7 Å². The Morgan fingerprint density at radius 2 is 1.08 bits per heavy atom. The largest absolute Gasteiger partial charge is 0.382 e. The van der Waals surface area contributed by atoms with Crippen molar-refractivity contribution in [2.45, 2.75) is 38.1 Å². The van der Waals surface area contributed by atoms with Gasteiger partial charge in [-0.05, 0) is 61.4 Å². The fraction of sp³-hybridized carbons (Fsp3) is 0.250. The summed E-state index contributed by atoms with van der Waals surface area (Å²) in [7, 11) is 0. The van der Waals surface area contributed by atoms with Gasteiger partial charge in [-0.15, -0.1) is 0 Å². The van der Waals surface area contributed by atoms with Gasteiger partial charge in [0.25, 0.3) is 0 Å². The molecule has 2 nitrogen and oxygen atoms in total. The molecule has 1 fully saturated rings. The summed E-state index contributed by atoms with van der Waals surface area (Å²) < 4.78 is 0. The fourth-order valence-electron chi connectivity index (χ4n) is 3.79. The summed E-state index contributed by atoms with van der Waals surface area (Å²) in [5.74, 6) is 0. The summed E-state index contributed by atoms with van der Waals surface area (Å²) in [6, 6.07) is 30.6. The van der Waals surface area contributed by atoms with Gasteiger partial charge < -0.3 is 10.2 Å². The zero-order chi connectivity index (χ0) is 17.6. The lowest BCUT2D eigenvalue weighted by atomic mass is 9.95. The molecule has 0 saturated heterocycles. The van der Waals surface area contributed by atoms with Crippen LogP contribution in [0.4, 0.5) is 22.7 Å². The van der Waals surface area contributed by atoms with E-state index in [1.54, 1.807) is 0 Å². The Hall–Kier alpha value is -2.74. The number of nitrogens with one attached hydrogen (secondary N) is 1. The first kappa shape index (κ1) is 16.7. The van der Waals surface area contributed by atoms with Crippen LogP contribution < -0.4 is 10.2 Å². The first-order valence-electron chi connectivity index (χ1n) is 9.67. The minimum Gasteiger partial charge on any atom is -0.382 e. The molecule has 0 spiro atoms. The maximum Gasteiger partial charge on any atom is 0.0463 e. The lowest BCUT2D eigenvalue weighted by Crippen LogP contribution is -2.22. The van der Waals surface area contributed by atoms with Crippen LogP contribution in [0.3, 0.4) is 0 Å². The Morgan fingerprint density at radius 1 is 0.577 bits per heavy atom. The van der Waals surface area contributed by atoms with Crippen LogP contribution in [-0.2, 0) is 0 Å². The van der Waals surface area contributed by atoms with Crippen LogP contribution in [-0.4, -0.2) is 6.04 Å². The minimum absolute atomic E-state index is 0.633. The Morgan fingerprint density at radius 3 is 1.62 bits per heavy atom. The van der Waals surface area contributed by atoms with Gasteiger partial charge in [0.05, 0.1) is 0 Å². The van der Waals surface area contributed by atoms with Gasteiger partial charge in [-0.3, -0.25) is 0 Å². The van der Waals surface area contributed by atoms with Crippen LogP contribution in [0.15, 0.2) is 84.9 Å². The highest BCUT2D eigenvalue weighted by molar-refractivity contribution is 5.77. The standard InChI is InChI=1S/C24H26N2/c1-4-10-20(11-5-1)25-21-16-18-24(19-17-21)26(22-12-6-2-7-13-22)23-14-8-3-9-15-23/h2-3,6-9,12-20,25H,1,4-5,10-11H2. The molecular weight excluding hydrogens is 316 g/mol. The molecule has 0 amide bonds. The van der Waals surface area contributed by atoms with E-state index in [2.05, 4.69) is 95.1 Å². The van der Waals surface area contributed by atoms with Gasteiger partial charge in [0.1, 0.15) is 0 Å². The summed E-state index contributed by atoms with van der Waals surface area (Å²) in [6.07, 6.45) is 6.68. The molecule has 0 radical (unpaired) electrons. The zero-order valence-corrected chi connectivity index (χ0v) is 15.1. The van der Waals surface area contributed by atoms with Crippen LogP contribution in [0.1, 0.15) is 32.1 Å². The number of anilines is 4. The second kappa shape index (κ2) is 8.09. The van der Waals surface area contributed by atoms with E-state index in [4.69, 9.17) is 0 Å². The van der Waals surface area contributed by atoms with E-state index < -0.39 is 0 Å². The van der Waals surface area contributed by atoms with Gasteiger partial charge in [-0.2, -0.15) is 0 Å². The normalized spacial score (nSPS) is 14.8. The van der Waals surface area contributed by atoms with Crippen LogP contribution >= 0.6 is 0 Å². The van der Waals surface area contributed by atoms with Crippen LogP contribution in [0.5, 0.6) is 0 Å². The second-order valence-electron chi connectivity index (χ2n) is 7.03. The molecule has 0 aromatic heterocycles. The summed E-state index contributed by atoms with van der Waals surface area (Å²) in [5.41, 5.74) is 4.75. The van der Waals surface area contributed by atoms with Gasteiger partial charge in [-0.25, -0.2) is 0 Å². The second-order valence-corrected chi connectivity index (χ2v) is 7.03. The molecule has 1 aliphatic carbocycles. The predicted molar refractivity (Wildman–Crippen MR) is 112 cm³/mol. The van der Waals surface area contributed by atoms with Crippen LogP contribution in [0, 0.1) is 0 Å². The van der Waals surface area contributed by atoms with Crippen molar-refractivity contribution in [1.29, 1.82) is 0 Å². The molecule has 2 heteroatoms. The topological polar surface area (TPSA) is 15.3 Å². The molecule has 3 aromatic rings. The van der Waals surface area contributed by atoms with Gasteiger partial charge in [0.15, 0.2) is 0 Å². The average molecular weight is 342 g/mol. The summed E-state index contributed by atoms with van der Waals surface area (Å²) in [4.78, 5) is 2.30. The molecule has 1 N–H and O–H groups in total. The van der Waals surface area contributed by atoms with Gasteiger partial charge in [0, 0.05) is 28.8 Å². The Kier molecular flexibility index (Phi) is 5.20. The number of hydrogen-bond acceptors (Lipinski definition) is 2. The molecule has 1 aliphatic rings. The van der Waals surface area contributed by atoms with E-state index in [9.17, 15) is 0 Å². The SMILES string of the molecule is c1ccc(N(c2ccccc2)c2ccc(NC3CCCCC3)cc2)cc1. The number of benzene rings is 3. The number of para-hydroxylation sites is 2. The molecule has 0 bridgehead atoms. The Balaban J connectivity index is 1.59. The molecule has 0 unspecified atom stereocenters. The quantitative estimate of drug-likeness (QED) is 0.542. The molecule has 0 heterocycles. The van der Waals surface area contributed by atoms with Gasteiger partial charge in [0.2, 0.25) is 0 Å². The van der Waals surface area contributed by atoms with Crippen LogP contribution in [0.25, 0.3) is 0 Å². The highest BCUT2D eigenvalue weighted by atomic mass is 15.1. The molecule has 132 valence electrons. The Labute approximate surface area is 156 Å². The molecular formula is C24H26N2. The lowest BCUT2D eigenvalue weighted by Gasteiger charge is -2.27. The van der Waals surface area contributed by atoms with Gasteiger partial charge >= 0.3 is 0 Å². The number of hydrogen-bond donors (Lipinski definition) is 1. The predicted octanol–water partition coefficient (Wildman–Crippen LogP) is 6.90. The summed E-state index contributed by atoms with van der Waals surface area (Å²) in [5, 5.41) is 3.71. The molecule has 3 aromatic carbocycles. The lowest BCUT2D eigenvalue weighted by molar-refractivity contribution is 0.463. The number of nitrogens with zero attached hydrogens (tertiary/aromatic N) is 1. The van der Waals surface area contributed by atoms with Crippen molar-refractivity contribution in [2.24, 2.45) is 0 Å². The zero-order valence-electron chi connectivity index (χ0n) is 15.1. The molecule has 0 aliphatic heterocycles. The first-order valence-corrected chi connectivity index (χ1v) is 9.67.